The summed E-state index contributed by atoms with van der Waals surface area (Å²) in [5, 5.41) is 0. The van der Waals surface area contributed by atoms with E-state index in [2.05, 4.69) is 36.5 Å². The van der Waals surface area contributed by atoms with Gasteiger partial charge in [-0.25, -0.2) is 0 Å². The SMILES string of the molecule is C[CH2][Sn]([Cl])([Br])[CH2]C.c1ccc(-c2ccccn2)nc1. The van der Waals surface area contributed by atoms with Crippen LogP contribution in [0.4, 0.5) is 0 Å². The van der Waals surface area contributed by atoms with Crippen LogP contribution in [0.5, 0.6) is 0 Å². The van der Waals surface area contributed by atoms with Crippen molar-refractivity contribution < 1.29 is 0 Å². The van der Waals surface area contributed by atoms with E-state index >= 15 is 0 Å². The molecule has 2 rings (SSSR count). The molecule has 0 atom stereocenters. The van der Waals surface area contributed by atoms with Gasteiger partial charge >= 0.3 is 59.4 Å². The second kappa shape index (κ2) is 8.92. The summed E-state index contributed by atoms with van der Waals surface area (Å²) in [5.41, 5.74) is 1.83. The molecule has 0 aliphatic carbocycles. The first-order chi connectivity index (χ1) is 9.09. The van der Waals surface area contributed by atoms with Gasteiger partial charge in [0.05, 0.1) is 11.4 Å². The van der Waals surface area contributed by atoms with E-state index in [9.17, 15) is 0 Å². The fourth-order valence-electron chi connectivity index (χ4n) is 1.28. The van der Waals surface area contributed by atoms with E-state index < -0.39 is 15.0 Å². The third kappa shape index (κ3) is 6.72. The molecule has 2 heterocycles. The van der Waals surface area contributed by atoms with Gasteiger partial charge in [-0.3, -0.25) is 9.97 Å². The minimum Gasteiger partial charge on any atom is -0.255 e. The van der Waals surface area contributed by atoms with Crippen molar-refractivity contribution in [2.45, 2.75) is 22.7 Å². The van der Waals surface area contributed by atoms with Gasteiger partial charge in [0.2, 0.25) is 0 Å². The van der Waals surface area contributed by atoms with Gasteiger partial charge in [0.1, 0.15) is 0 Å². The average molecular weight is 448 g/mol. The quantitative estimate of drug-likeness (QED) is 0.600. The summed E-state index contributed by atoms with van der Waals surface area (Å²) in [4.78, 5) is 8.37. The number of hydrogen-bond acceptors (Lipinski definition) is 2. The fraction of sp³-hybridized carbons (Fsp3) is 0.286. The summed E-state index contributed by atoms with van der Waals surface area (Å²) in [6, 6.07) is 11.6. The van der Waals surface area contributed by atoms with Crippen LogP contribution in [-0.2, 0) is 0 Å². The fourth-order valence-corrected chi connectivity index (χ4v) is 2.71. The molecule has 0 spiro atoms. The number of pyridine rings is 2. The van der Waals surface area contributed by atoms with E-state index in [1.54, 1.807) is 12.4 Å². The van der Waals surface area contributed by atoms with E-state index in [4.69, 9.17) is 8.92 Å². The molecule has 2 nitrogen and oxygen atoms in total. The molecule has 5 heteroatoms. The first-order valence-electron chi connectivity index (χ1n) is 6.29. The summed E-state index contributed by atoms with van der Waals surface area (Å²) in [6.07, 6.45) is 3.54. The van der Waals surface area contributed by atoms with E-state index in [0.29, 0.717) is 0 Å². The van der Waals surface area contributed by atoms with Crippen molar-refractivity contribution in [2.24, 2.45) is 0 Å². The minimum absolute atomic E-state index is 0.915. The van der Waals surface area contributed by atoms with E-state index in [1.165, 1.54) is 8.87 Å². The van der Waals surface area contributed by atoms with Gasteiger partial charge in [-0.05, 0) is 24.3 Å². The van der Waals surface area contributed by atoms with Gasteiger partial charge in [0, 0.05) is 12.4 Å². The molecule has 102 valence electrons. The Labute approximate surface area is 129 Å². The number of nitrogens with zero attached hydrogens (tertiary/aromatic N) is 2. The molecule has 0 saturated heterocycles. The molecule has 0 bridgehead atoms. The normalized spacial score (nSPS) is 10.5. The van der Waals surface area contributed by atoms with Gasteiger partial charge in [0.15, 0.2) is 0 Å². The Balaban J connectivity index is 0.000000224. The number of rotatable bonds is 3. The summed E-state index contributed by atoms with van der Waals surface area (Å²) < 4.78 is 2.37. The van der Waals surface area contributed by atoms with Crippen molar-refractivity contribution in [3.8, 4) is 11.4 Å². The molecule has 19 heavy (non-hydrogen) atoms. The molecular weight excluding hydrogens is 430 g/mol. The third-order valence-electron chi connectivity index (χ3n) is 2.63. The topological polar surface area (TPSA) is 25.8 Å². The molecule has 0 aliphatic rings. The van der Waals surface area contributed by atoms with Crippen LogP contribution in [0.25, 0.3) is 11.4 Å². The smallest absolute Gasteiger partial charge is 0.0886 e. The first-order valence-corrected chi connectivity index (χ1v) is 20.3. The van der Waals surface area contributed by atoms with Crippen molar-refractivity contribution in [1.29, 1.82) is 0 Å². The molecule has 0 amide bonds. The van der Waals surface area contributed by atoms with Crippen LogP contribution >= 0.6 is 21.6 Å². The van der Waals surface area contributed by atoms with Crippen LogP contribution in [0, 0.1) is 0 Å². The standard InChI is InChI=1S/C10H8N2.2C2H5.BrH.ClH.Sn/c1-3-7-11-9(5-1)10-6-2-4-8-12-10;2*1-2;;;/h1-8H;2*1H2,2H3;2*1H;/q;;;;;+2/p-2. The molecule has 2 aromatic rings. The maximum atomic E-state index is 6.03. The zero-order chi connectivity index (χ0) is 14.1. The molecule has 2 aromatic heterocycles. The van der Waals surface area contributed by atoms with Gasteiger partial charge in [-0.1, -0.05) is 12.1 Å². The summed E-state index contributed by atoms with van der Waals surface area (Å²) in [6.45, 7) is 4.31. The monoisotopic (exact) mass is 448 g/mol. The van der Waals surface area contributed by atoms with Crippen molar-refractivity contribution >= 4 is 36.7 Å². The van der Waals surface area contributed by atoms with Gasteiger partial charge in [-0.15, -0.1) is 0 Å². The third-order valence-corrected chi connectivity index (χ3v) is 19.6. The summed E-state index contributed by atoms with van der Waals surface area (Å²) in [5.74, 6) is 0. The Morgan fingerprint density at radius 3 is 1.58 bits per heavy atom. The van der Waals surface area contributed by atoms with Crippen LogP contribution in [0.3, 0.4) is 0 Å². The molecule has 0 N–H and O–H groups in total. The second-order valence-corrected chi connectivity index (χ2v) is 31.0. The second-order valence-electron chi connectivity index (χ2n) is 3.99. The number of aromatic nitrogens is 2. The van der Waals surface area contributed by atoms with Gasteiger partial charge in [0.25, 0.3) is 0 Å². The minimum atomic E-state index is -2.00. The van der Waals surface area contributed by atoms with E-state index in [0.717, 1.165) is 11.4 Å². The van der Waals surface area contributed by atoms with Gasteiger partial charge in [-0.2, -0.15) is 0 Å². The molecule has 0 fully saturated rings. The van der Waals surface area contributed by atoms with Crippen LogP contribution < -0.4 is 0 Å². The van der Waals surface area contributed by atoms with Crippen molar-refractivity contribution in [3.63, 3.8) is 0 Å². The van der Waals surface area contributed by atoms with Crippen LogP contribution in [0.1, 0.15) is 13.8 Å². The van der Waals surface area contributed by atoms with Crippen LogP contribution in [-0.4, -0.2) is 25.0 Å². The maximum absolute atomic E-state index is 6.03. The Kier molecular flexibility index (Phi) is 7.95. The number of halogens is 2. The zero-order valence-corrected chi connectivity index (χ0v) is 16.4. The Morgan fingerprint density at radius 2 is 1.37 bits per heavy atom. The predicted octanol–water partition coefficient (Wildman–Crippen LogP) is 5.25. The van der Waals surface area contributed by atoms with Crippen LogP contribution in [0.2, 0.25) is 8.87 Å². The first kappa shape index (κ1) is 16.9. The molecule has 0 aromatic carbocycles. The predicted molar refractivity (Wildman–Crippen MR) is 89.0 cm³/mol. The maximum Gasteiger partial charge on any atom is 0.0886 e. The average Bonchev–Trinajstić information content (AvgIpc) is 2.50. The Bertz CT molecular complexity index is 422. The molecule has 0 saturated carbocycles. The Morgan fingerprint density at radius 1 is 0.947 bits per heavy atom. The van der Waals surface area contributed by atoms with Crippen molar-refractivity contribution in [1.82, 2.24) is 9.97 Å². The summed E-state index contributed by atoms with van der Waals surface area (Å²) in [7, 11) is 6.03. The molecular formula is C14H18BrClN2Sn. The summed E-state index contributed by atoms with van der Waals surface area (Å²) >= 11 is 1.56. The zero-order valence-electron chi connectivity index (χ0n) is 11.2. The van der Waals surface area contributed by atoms with Gasteiger partial charge < -0.3 is 0 Å². The van der Waals surface area contributed by atoms with Crippen molar-refractivity contribution in [2.75, 3.05) is 0 Å². The Hall–Kier alpha value is -0.131. The van der Waals surface area contributed by atoms with Crippen LogP contribution in [0.15, 0.2) is 48.8 Å². The molecule has 0 aliphatic heterocycles. The van der Waals surface area contributed by atoms with Crippen molar-refractivity contribution in [3.05, 3.63) is 48.8 Å². The van der Waals surface area contributed by atoms with E-state index in [-0.39, 0.29) is 0 Å². The molecule has 0 unspecified atom stereocenters. The molecule has 0 radical (unpaired) electrons. The largest absolute Gasteiger partial charge is 0.255 e. The van der Waals surface area contributed by atoms with E-state index in [1.807, 2.05) is 36.4 Å². The number of hydrogen-bond donors (Lipinski definition) is 0.